The Labute approximate surface area is 299 Å². The molecule has 0 atom stereocenters. The van der Waals surface area contributed by atoms with Crippen LogP contribution in [0.5, 0.6) is 0 Å². The minimum Gasteiger partial charge on any atom is -0.344 e. The molecular formula is C49H36N2. The smallest absolute Gasteiger partial charge is 0.0567 e. The summed E-state index contributed by atoms with van der Waals surface area (Å²) in [6.45, 7) is 0. The second-order valence-electron chi connectivity index (χ2n) is 13.1. The van der Waals surface area contributed by atoms with Crippen LogP contribution >= 0.6 is 0 Å². The second-order valence-corrected chi connectivity index (χ2v) is 13.1. The van der Waals surface area contributed by atoms with Crippen molar-refractivity contribution in [1.82, 2.24) is 0 Å². The van der Waals surface area contributed by atoms with Gasteiger partial charge in [0.05, 0.1) is 5.69 Å². The Kier molecular flexibility index (Phi) is 7.75. The lowest BCUT2D eigenvalue weighted by Crippen LogP contribution is -2.10. The Bertz CT molecular complexity index is 2570. The van der Waals surface area contributed by atoms with Crippen molar-refractivity contribution >= 4 is 60.8 Å². The molecule has 0 spiro atoms. The summed E-state index contributed by atoms with van der Waals surface area (Å²) in [6.07, 6.45) is 0. The molecule has 0 fully saturated rings. The van der Waals surface area contributed by atoms with E-state index in [1.54, 1.807) is 0 Å². The fourth-order valence-corrected chi connectivity index (χ4v) is 7.36. The van der Waals surface area contributed by atoms with E-state index >= 15 is 0 Å². The zero-order valence-electron chi connectivity index (χ0n) is 28.4. The van der Waals surface area contributed by atoms with Crippen LogP contribution in [0, 0.1) is 0 Å². The van der Waals surface area contributed by atoms with Crippen molar-refractivity contribution in [3.8, 4) is 22.3 Å². The van der Waals surface area contributed by atoms with Gasteiger partial charge in [-0.25, -0.2) is 0 Å². The van der Waals surface area contributed by atoms with E-state index < -0.39 is 0 Å². The molecule has 0 aromatic heterocycles. The molecule has 51 heavy (non-hydrogen) atoms. The van der Waals surface area contributed by atoms with Gasteiger partial charge in [-0.05, 0) is 98.4 Å². The molecule has 0 radical (unpaired) electrons. The molecule has 0 unspecified atom stereocenters. The summed E-state index contributed by atoms with van der Waals surface area (Å²) in [5.41, 5.74) is 10.5. The predicted molar refractivity (Wildman–Crippen MR) is 219 cm³/mol. The number of benzene rings is 9. The van der Waals surface area contributed by atoms with Gasteiger partial charge in [0.2, 0.25) is 0 Å². The van der Waals surface area contributed by atoms with Crippen molar-refractivity contribution in [1.29, 1.82) is 0 Å². The first-order valence-corrected chi connectivity index (χ1v) is 17.5. The molecule has 9 rings (SSSR count). The zero-order valence-corrected chi connectivity index (χ0v) is 28.4. The van der Waals surface area contributed by atoms with Gasteiger partial charge in [-0.3, -0.25) is 0 Å². The first-order valence-electron chi connectivity index (χ1n) is 17.5. The van der Waals surface area contributed by atoms with Gasteiger partial charge >= 0.3 is 0 Å². The van der Waals surface area contributed by atoms with Crippen molar-refractivity contribution in [3.05, 3.63) is 200 Å². The van der Waals surface area contributed by atoms with E-state index in [-0.39, 0.29) is 0 Å². The molecule has 242 valence electrons. The molecular weight excluding hydrogens is 617 g/mol. The Hall–Kier alpha value is -6.64. The number of hydrogen-bond donors (Lipinski definition) is 0. The standard InChI is InChI=1S/C49H36N2/c1-50(49-47-17-9-7-15-41(47)33-42-16-8-10-18-48(42)49)43-26-19-38(20-27-43)39-23-30-45(31-24-39)51(46-32-25-36-13-5-6-14-40(36)34-46)44-28-21-37(22-29-44)35-11-3-2-4-12-35/h2-34H,1H3. The van der Waals surface area contributed by atoms with E-state index in [4.69, 9.17) is 0 Å². The first-order chi connectivity index (χ1) is 25.2. The maximum atomic E-state index is 2.34. The van der Waals surface area contributed by atoms with Crippen LogP contribution < -0.4 is 9.80 Å². The third-order valence-electron chi connectivity index (χ3n) is 10.0. The lowest BCUT2D eigenvalue weighted by atomic mass is 9.99. The summed E-state index contributed by atoms with van der Waals surface area (Å²) in [5.74, 6) is 0. The molecule has 9 aromatic rings. The summed E-state index contributed by atoms with van der Waals surface area (Å²) >= 11 is 0. The Morgan fingerprint density at radius 2 is 0.706 bits per heavy atom. The minimum absolute atomic E-state index is 1.11. The average molecular weight is 653 g/mol. The molecule has 0 aliphatic carbocycles. The van der Waals surface area contributed by atoms with Crippen molar-refractivity contribution in [2.45, 2.75) is 0 Å². The third kappa shape index (κ3) is 5.77. The lowest BCUT2D eigenvalue weighted by Gasteiger charge is -2.26. The largest absolute Gasteiger partial charge is 0.344 e. The molecule has 0 amide bonds. The Morgan fingerprint density at radius 1 is 0.294 bits per heavy atom. The van der Waals surface area contributed by atoms with Crippen LogP contribution in [0.4, 0.5) is 28.4 Å². The SMILES string of the molecule is CN(c1ccc(-c2ccc(N(c3ccc(-c4ccccc4)cc3)c3ccc4ccccc4c3)cc2)cc1)c1c2ccccc2cc2ccccc12. The Morgan fingerprint density at radius 3 is 1.25 bits per heavy atom. The van der Waals surface area contributed by atoms with E-state index in [0.29, 0.717) is 0 Å². The topological polar surface area (TPSA) is 6.48 Å². The van der Waals surface area contributed by atoms with Gasteiger partial charge in [-0.15, -0.1) is 0 Å². The molecule has 2 nitrogen and oxygen atoms in total. The predicted octanol–water partition coefficient (Wildman–Crippen LogP) is 13.7. The number of rotatable bonds is 7. The van der Waals surface area contributed by atoms with E-state index in [0.717, 1.165) is 22.7 Å². The summed E-state index contributed by atoms with van der Waals surface area (Å²) in [4.78, 5) is 4.67. The lowest BCUT2D eigenvalue weighted by molar-refractivity contribution is 1.23. The van der Waals surface area contributed by atoms with Gasteiger partial charge in [0.25, 0.3) is 0 Å². The van der Waals surface area contributed by atoms with E-state index in [9.17, 15) is 0 Å². The van der Waals surface area contributed by atoms with Gasteiger partial charge in [0.15, 0.2) is 0 Å². The number of nitrogens with zero attached hydrogens (tertiary/aromatic N) is 2. The van der Waals surface area contributed by atoms with Crippen LogP contribution in [0.15, 0.2) is 200 Å². The van der Waals surface area contributed by atoms with Crippen LogP contribution in [0.1, 0.15) is 0 Å². The quantitative estimate of drug-likeness (QED) is 0.158. The van der Waals surface area contributed by atoms with E-state index in [1.165, 1.54) is 60.3 Å². The highest BCUT2D eigenvalue weighted by molar-refractivity contribution is 6.12. The number of hydrogen-bond acceptors (Lipinski definition) is 2. The van der Waals surface area contributed by atoms with E-state index in [2.05, 4.69) is 217 Å². The van der Waals surface area contributed by atoms with Gasteiger partial charge in [0.1, 0.15) is 0 Å². The highest BCUT2D eigenvalue weighted by atomic mass is 15.1. The first kappa shape index (κ1) is 30.4. The number of fused-ring (bicyclic) bond motifs is 3. The molecule has 0 heterocycles. The normalized spacial score (nSPS) is 11.2. The van der Waals surface area contributed by atoms with Gasteiger partial charge in [0, 0.05) is 40.6 Å². The fraction of sp³-hybridized carbons (Fsp3) is 0.0204. The highest BCUT2D eigenvalue weighted by Gasteiger charge is 2.16. The monoisotopic (exact) mass is 652 g/mol. The summed E-state index contributed by atoms with van der Waals surface area (Å²) < 4.78 is 0. The molecule has 0 N–H and O–H groups in total. The summed E-state index contributed by atoms with van der Waals surface area (Å²) in [6, 6.07) is 72.2. The van der Waals surface area contributed by atoms with Gasteiger partial charge in [-0.1, -0.05) is 146 Å². The van der Waals surface area contributed by atoms with Crippen LogP contribution in [-0.4, -0.2) is 7.05 Å². The van der Waals surface area contributed by atoms with Crippen molar-refractivity contribution < 1.29 is 0 Å². The highest BCUT2D eigenvalue weighted by Crippen LogP contribution is 2.40. The molecule has 9 aromatic carbocycles. The third-order valence-corrected chi connectivity index (χ3v) is 10.0. The van der Waals surface area contributed by atoms with E-state index in [1.807, 2.05) is 0 Å². The maximum absolute atomic E-state index is 2.34. The maximum Gasteiger partial charge on any atom is 0.0567 e. The van der Waals surface area contributed by atoms with Gasteiger partial charge < -0.3 is 9.80 Å². The van der Waals surface area contributed by atoms with Crippen molar-refractivity contribution in [2.24, 2.45) is 0 Å². The zero-order chi connectivity index (χ0) is 34.1. The van der Waals surface area contributed by atoms with Crippen molar-refractivity contribution in [3.63, 3.8) is 0 Å². The number of anilines is 5. The molecule has 0 aliphatic heterocycles. The molecule has 0 saturated carbocycles. The molecule has 0 aliphatic rings. The van der Waals surface area contributed by atoms with Crippen molar-refractivity contribution in [2.75, 3.05) is 16.8 Å². The summed E-state index contributed by atoms with van der Waals surface area (Å²) in [5, 5.41) is 7.46. The summed E-state index contributed by atoms with van der Waals surface area (Å²) in [7, 11) is 2.17. The minimum atomic E-state index is 1.11. The average Bonchev–Trinajstić information content (AvgIpc) is 3.20. The molecule has 2 heteroatoms. The Balaban J connectivity index is 1.05. The molecule has 0 saturated heterocycles. The van der Waals surface area contributed by atoms with Gasteiger partial charge in [-0.2, -0.15) is 0 Å². The second kappa shape index (κ2) is 13.0. The van der Waals surface area contributed by atoms with Crippen LogP contribution in [0.2, 0.25) is 0 Å². The van der Waals surface area contributed by atoms with Crippen LogP contribution in [0.3, 0.4) is 0 Å². The van der Waals surface area contributed by atoms with Crippen LogP contribution in [-0.2, 0) is 0 Å². The molecule has 0 bridgehead atoms. The fourth-order valence-electron chi connectivity index (χ4n) is 7.36. The van der Waals surface area contributed by atoms with Crippen LogP contribution in [0.25, 0.3) is 54.6 Å².